The smallest absolute Gasteiger partial charge is 0.253 e. The molecular weight excluding hydrogens is 630 g/mol. The number of fused-ring (bicyclic) bond motifs is 3. The van der Waals surface area contributed by atoms with Crippen LogP contribution in [-0.2, 0) is 45.7 Å². The number of nitrogens with one attached hydrogen (secondary N) is 3. The van der Waals surface area contributed by atoms with E-state index in [0.717, 1.165) is 27.8 Å². The van der Waals surface area contributed by atoms with Gasteiger partial charge in [0.05, 0.1) is 5.41 Å². The number of carbonyl (C=O) groups excluding carboxylic acids is 4. The molecule has 4 amide bonds. The summed E-state index contributed by atoms with van der Waals surface area (Å²) in [6, 6.07) is 20.9. The molecule has 1 saturated heterocycles. The van der Waals surface area contributed by atoms with Crippen molar-refractivity contribution in [2.24, 2.45) is 5.41 Å². The highest BCUT2D eigenvalue weighted by Crippen LogP contribution is 2.47. The summed E-state index contributed by atoms with van der Waals surface area (Å²) in [4.78, 5) is 66.2. The van der Waals surface area contributed by atoms with Gasteiger partial charge in [-0.1, -0.05) is 43.3 Å². The van der Waals surface area contributed by atoms with Gasteiger partial charge in [0, 0.05) is 67.0 Å². The molecule has 2 aromatic carbocycles. The number of carbonyl (C=O) groups is 4. The summed E-state index contributed by atoms with van der Waals surface area (Å²) in [7, 11) is 1.88. The van der Waals surface area contributed by atoms with E-state index in [0.29, 0.717) is 62.4 Å². The first kappa shape index (κ1) is 33.1. The largest absolute Gasteiger partial charge is 0.339 e. The lowest BCUT2D eigenvalue weighted by atomic mass is 9.78. The maximum atomic E-state index is 14.4. The molecule has 11 nitrogen and oxygen atoms in total. The third-order valence-electron chi connectivity index (χ3n) is 10.5. The van der Waals surface area contributed by atoms with Gasteiger partial charge in [0.1, 0.15) is 12.4 Å². The van der Waals surface area contributed by atoms with Crippen molar-refractivity contribution in [3.05, 3.63) is 119 Å². The highest BCUT2D eigenvalue weighted by molar-refractivity contribution is 6.06. The molecule has 11 heteroatoms. The maximum Gasteiger partial charge on any atom is 0.253 e. The molecule has 4 aromatic rings. The number of piperidine rings is 1. The number of anilines is 2. The highest BCUT2D eigenvalue weighted by atomic mass is 16.2. The summed E-state index contributed by atoms with van der Waals surface area (Å²) in [5.74, 6) is 0.0627. The number of pyridine rings is 2. The zero-order valence-electron chi connectivity index (χ0n) is 28.4. The van der Waals surface area contributed by atoms with Crippen LogP contribution in [0.3, 0.4) is 0 Å². The van der Waals surface area contributed by atoms with E-state index in [9.17, 15) is 19.2 Å². The molecule has 3 aliphatic rings. The van der Waals surface area contributed by atoms with Crippen molar-refractivity contribution in [1.29, 1.82) is 0 Å². The van der Waals surface area contributed by atoms with Crippen molar-refractivity contribution in [2.75, 3.05) is 37.3 Å². The van der Waals surface area contributed by atoms with Crippen molar-refractivity contribution < 1.29 is 19.2 Å². The van der Waals surface area contributed by atoms with Crippen LogP contribution in [0.1, 0.15) is 57.9 Å². The van der Waals surface area contributed by atoms with Gasteiger partial charge in [-0.25, -0.2) is 4.98 Å². The summed E-state index contributed by atoms with van der Waals surface area (Å²) in [5.41, 5.74) is 4.73. The van der Waals surface area contributed by atoms with Crippen LogP contribution < -0.4 is 16.0 Å². The predicted molar refractivity (Wildman–Crippen MR) is 189 cm³/mol. The summed E-state index contributed by atoms with van der Waals surface area (Å²) >= 11 is 0. The van der Waals surface area contributed by atoms with Gasteiger partial charge in [0.2, 0.25) is 17.7 Å². The van der Waals surface area contributed by atoms with Crippen LogP contribution in [0.2, 0.25) is 0 Å². The molecule has 0 radical (unpaired) electrons. The van der Waals surface area contributed by atoms with E-state index in [-0.39, 0.29) is 36.7 Å². The van der Waals surface area contributed by atoms with E-state index >= 15 is 0 Å². The number of benzene rings is 2. The highest BCUT2D eigenvalue weighted by Gasteiger charge is 2.51. The fraction of sp³-hybridized carbons (Fsp3) is 0.333. The number of hydrogen-bond donors (Lipinski definition) is 3. The van der Waals surface area contributed by atoms with Crippen molar-refractivity contribution in [2.45, 2.75) is 51.1 Å². The normalized spacial score (nSPS) is 18.7. The first-order valence-corrected chi connectivity index (χ1v) is 17.1. The van der Waals surface area contributed by atoms with E-state index in [2.05, 4.69) is 25.9 Å². The lowest BCUT2D eigenvalue weighted by Crippen LogP contribution is -2.51. The first-order valence-electron chi connectivity index (χ1n) is 17.1. The fourth-order valence-corrected chi connectivity index (χ4v) is 7.67. The van der Waals surface area contributed by atoms with E-state index in [1.54, 1.807) is 40.5 Å². The Labute approximate surface area is 291 Å². The number of nitrogens with zero attached hydrogens (tertiary/aromatic N) is 4. The molecule has 1 unspecified atom stereocenters. The second-order valence-electron chi connectivity index (χ2n) is 13.9. The van der Waals surface area contributed by atoms with Gasteiger partial charge in [-0.15, -0.1) is 0 Å². The van der Waals surface area contributed by atoms with Crippen LogP contribution >= 0.6 is 0 Å². The molecule has 1 aliphatic carbocycles. The Balaban J connectivity index is 1.08. The lowest BCUT2D eigenvalue weighted by Gasteiger charge is -2.41. The Morgan fingerprint density at radius 1 is 0.920 bits per heavy atom. The van der Waals surface area contributed by atoms with Gasteiger partial charge in [0.25, 0.3) is 5.91 Å². The second kappa shape index (κ2) is 13.5. The Bertz CT molecular complexity index is 1960. The van der Waals surface area contributed by atoms with E-state index < -0.39 is 10.8 Å². The third kappa shape index (κ3) is 6.24. The molecule has 2 aromatic heterocycles. The standard InChI is InChI=1S/C39H41N7O4/c1-38(13-18-45(19-14-38)35(48)26-11-16-41-17-12-26)37(50)46(24-29-7-4-3-6-28(29)23-40-2)25-33(47)43-31-10-9-27-21-39(22-30(27)20-31)32-8-5-15-42-34(32)44-36(39)49/h3-12,15-17,20,40H,13-14,18-19,21-25H2,1-2H3,(H,43,47)(H,42,44,49). The van der Waals surface area contributed by atoms with Crippen molar-refractivity contribution in [1.82, 2.24) is 25.1 Å². The molecular formula is C39H41N7O4. The summed E-state index contributed by atoms with van der Waals surface area (Å²) < 4.78 is 0. The Hall–Kier alpha value is -5.42. The average Bonchev–Trinajstić information content (AvgIpc) is 3.65. The lowest BCUT2D eigenvalue weighted by molar-refractivity contribution is -0.146. The van der Waals surface area contributed by atoms with Crippen LogP contribution in [0.5, 0.6) is 0 Å². The summed E-state index contributed by atoms with van der Waals surface area (Å²) in [6.07, 6.45) is 6.93. The molecule has 3 N–H and O–H groups in total. The Kier molecular flexibility index (Phi) is 8.92. The van der Waals surface area contributed by atoms with E-state index in [1.165, 1.54) is 0 Å². The number of likely N-dealkylation sites (tertiary alicyclic amines) is 1. The van der Waals surface area contributed by atoms with Gasteiger partial charge < -0.3 is 25.8 Å². The minimum Gasteiger partial charge on any atom is -0.339 e. The quantitative estimate of drug-likeness (QED) is 0.244. The molecule has 256 valence electrons. The molecule has 1 spiro atoms. The average molecular weight is 672 g/mol. The second-order valence-corrected chi connectivity index (χ2v) is 13.9. The molecule has 1 atom stereocenters. The molecule has 7 rings (SSSR count). The summed E-state index contributed by atoms with van der Waals surface area (Å²) in [5, 5.41) is 9.16. The van der Waals surface area contributed by atoms with E-state index in [1.807, 2.05) is 68.6 Å². The van der Waals surface area contributed by atoms with E-state index in [4.69, 9.17) is 0 Å². The maximum absolute atomic E-state index is 14.4. The minimum atomic E-state index is -0.748. The molecule has 1 fully saturated rings. The van der Waals surface area contributed by atoms with Crippen LogP contribution in [-0.4, -0.2) is 70.1 Å². The van der Waals surface area contributed by atoms with Crippen LogP contribution in [0.4, 0.5) is 11.5 Å². The molecule has 0 saturated carbocycles. The SMILES string of the molecule is CNCc1ccccc1CN(CC(=O)Nc1ccc2c(c1)CC1(C2)C(=O)Nc2ncccc21)C(=O)C1(C)CCN(C(=O)c2ccncc2)CC1. The fourth-order valence-electron chi connectivity index (χ4n) is 7.67. The molecule has 50 heavy (non-hydrogen) atoms. The topological polar surface area (TPSA) is 137 Å². The molecule has 0 bridgehead atoms. The zero-order chi connectivity index (χ0) is 34.9. The monoisotopic (exact) mass is 671 g/mol. The third-order valence-corrected chi connectivity index (χ3v) is 10.5. The van der Waals surface area contributed by atoms with Crippen molar-refractivity contribution >= 4 is 35.1 Å². The number of aromatic nitrogens is 2. The van der Waals surface area contributed by atoms with Crippen molar-refractivity contribution in [3.8, 4) is 0 Å². The van der Waals surface area contributed by atoms with Gasteiger partial charge in [-0.2, -0.15) is 0 Å². The van der Waals surface area contributed by atoms with Crippen LogP contribution in [0.25, 0.3) is 0 Å². The van der Waals surface area contributed by atoms with Gasteiger partial charge in [-0.3, -0.25) is 24.2 Å². The van der Waals surface area contributed by atoms with Gasteiger partial charge in [0.15, 0.2) is 0 Å². The molecule has 4 heterocycles. The Morgan fingerprint density at radius 2 is 1.66 bits per heavy atom. The minimum absolute atomic E-state index is 0.0539. The summed E-state index contributed by atoms with van der Waals surface area (Å²) in [6.45, 7) is 3.59. The number of amides is 4. The molecule has 2 aliphatic heterocycles. The first-order chi connectivity index (χ1) is 24.2. The zero-order valence-corrected chi connectivity index (χ0v) is 28.4. The van der Waals surface area contributed by atoms with Crippen molar-refractivity contribution in [3.63, 3.8) is 0 Å². The van der Waals surface area contributed by atoms with Crippen LogP contribution in [0, 0.1) is 5.41 Å². The number of hydrogen-bond acceptors (Lipinski definition) is 7. The van der Waals surface area contributed by atoms with Gasteiger partial charge in [-0.05, 0) is 85.3 Å². The Morgan fingerprint density at radius 3 is 2.42 bits per heavy atom. The number of rotatable bonds is 9. The van der Waals surface area contributed by atoms with Crippen LogP contribution in [0.15, 0.2) is 85.3 Å². The van der Waals surface area contributed by atoms with Gasteiger partial charge >= 0.3 is 0 Å². The predicted octanol–water partition coefficient (Wildman–Crippen LogP) is 4.09.